The summed E-state index contributed by atoms with van der Waals surface area (Å²) in [6.45, 7) is 6.30. The third-order valence-corrected chi connectivity index (χ3v) is 7.37. The maximum absolute atomic E-state index is 12.7. The molecule has 0 bridgehead atoms. The molecule has 0 saturated carbocycles. The van der Waals surface area contributed by atoms with Crippen LogP contribution >= 0.6 is 12.4 Å². The smallest absolute Gasteiger partial charge is 0.251 e. The van der Waals surface area contributed by atoms with Crippen LogP contribution in [0, 0.1) is 5.92 Å². The molecule has 0 aromatic heterocycles. The molecule has 2 fully saturated rings. The number of hydrogen-bond donors (Lipinski definition) is 2. The van der Waals surface area contributed by atoms with Crippen molar-refractivity contribution in [2.24, 2.45) is 5.92 Å². The van der Waals surface area contributed by atoms with Gasteiger partial charge in [0.1, 0.15) is 0 Å². The van der Waals surface area contributed by atoms with Gasteiger partial charge in [-0.2, -0.15) is 4.31 Å². The second kappa shape index (κ2) is 9.37. The van der Waals surface area contributed by atoms with Crippen LogP contribution in [0.5, 0.6) is 0 Å². The maximum atomic E-state index is 12.7. The van der Waals surface area contributed by atoms with E-state index in [1.54, 1.807) is 28.6 Å². The molecule has 2 unspecified atom stereocenters. The molecule has 2 N–H and O–H groups in total. The van der Waals surface area contributed by atoms with E-state index < -0.39 is 10.0 Å². The predicted octanol–water partition coefficient (Wildman–Crippen LogP) is 2.40. The first-order valence-electron chi connectivity index (χ1n) is 9.50. The van der Waals surface area contributed by atoms with E-state index in [0.29, 0.717) is 30.6 Å². The molecule has 2 aliphatic rings. The zero-order chi connectivity index (χ0) is 18.7. The van der Waals surface area contributed by atoms with Crippen molar-refractivity contribution in [2.75, 3.05) is 19.6 Å². The first-order valence-corrected chi connectivity index (χ1v) is 10.9. The Bertz CT molecular complexity index is 731. The highest BCUT2D eigenvalue weighted by Crippen LogP contribution is 2.23. The lowest BCUT2D eigenvalue weighted by Gasteiger charge is -2.29. The van der Waals surface area contributed by atoms with Gasteiger partial charge in [-0.3, -0.25) is 4.79 Å². The lowest BCUT2D eigenvalue weighted by molar-refractivity contribution is 0.0925. The Labute approximate surface area is 168 Å². The van der Waals surface area contributed by atoms with E-state index in [-0.39, 0.29) is 29.3 Å². The van der Waals surface area contributed by atoms with E-state index in [1.165, 1.54) is 0 Å². The normalized spacial score (nSPS) is 24.8. The van der Waals surface area contributed by atoms with Gasteiger partial charge in [-0.15, -0.1) is 12.4 Å². The summed E-state index contributed by atoms with van der Waals surface area (Å²) in [6.07, 6.45) is 3.62. The molecule has 0 aliphatic carbocycles. The van der Waals surface area contributed by atoms with Crippen LogP contribution in [-0.2, 0) is 10.0 Å². The summed E-state index contributed by atoms with van der Waals surface area (Å²) in [5.74, 6) is 0.435. The monoisotopic (exact) mass is 415 g/mol. The number of piperidine rings is 2. The SMILES string of the molecule is CC1CCN(S(=O)(=O)c2ccc(C(=O)NC3CCNC(C)C3)cc2)CC1.Cl. The van der Waals surface area contributed by atoms with Crippen LogP contribution in [0.4, 0.5) is 0 Å². The minimum absolute atomic E-state index is 0. The van der Waals surface area contributed by atoms with Gasteiger partial charge in [-0.25, -0.2) is 8.42 Å². The fourth-order valence-electron chi connectivity index (χ4n) is 3.68. The molecule has 3 rings (SSSR count). The zero-order valence-electron chi connectivity index (χ0n) is 16.0. The third-order valence-electron chi connectivity index (χ3n) is 5.46. The second-order valence-corrected chi connectivity index (χ2v) is 9.60. The molecule has 152 valence electrons. The fraction of sp³-hybridized carbons (Fsp3) is 0.632. The van der Waals surface area contributed by atoms with Gasteiger partial charge >= 0.3 is 0 Å². The molecule has 8 heteroatoms. The molecule has 1 amide bonds. The summed E-state index contributed by atoms with van der Waals surface area (Å²) in [5.41, 5.74) is 0.502. The third kappa shape index (κ3) is 5.44. The van der Waals surface area contributed by atoms with Crippen molar-refractivity contribution in [3.63, 3.8) is 0 Å². The van der Waals surface area contributed by atoms with Crippen molar-refractivity contribution in [1.82, 2.24) is 14.9 Å². The van der Waals surface area contributed by atoms with E-state index in [9.17, 15) is 13.2 Å². The van der Waals surface area contributed by atoms with Gasteiger partial charge in [0.2, 0.25) is 10.0 Å². The Morgan fingerprint density at radius 3 is 2.33 bits per heavy atom. The van der Waals surface area contributed by atoms with Crippen LogP contribution in [0.2, 0.25) is 0 Å². The molecule has 6 nitrogen and oxygen atoms in total. The predicted molar refractivity (Wildman–Crippen MR) is 109 cm³/mol. The highest BCUT2D eigenvalue weighted by molar-refractivity contribution is 7.89. The van der Waals surface area contributed by atoms with E-state index in [1.807, 2.05) is 0 Å². The molecule has 1 aromatic rings. The largest absolute Gasteiger partial charge is 0.349 e. The van der Waals surface area contributed by atoms with Gasteiger partial charge in [-0.05, 0) is 69.3 Å². The molecule has 0 spiro atoms. The second-order valence-electron chi connectivity index (χ2n) is 7.66. The zero-order valence-corrected chi connectivity index (χ0v) is 17.6. The quantitative estimate of drug-likeness (QED) is 0.791. The van der Waals surface area contributed by atoms with Crippen molar-refractivity contribution in [2.45, 2.75) is 56.5 Å². The fourth-order valence-corrected chi connectivity index (χ4v) is 5.15. The minimum Gasteiger partial charge on any atom is -0.349 e. The lowest BCUT2D eigenvalue weighted by atomic mass is 10.0. The number of amides is 1. The van der Waals surface area contributed by atoms with Crippen LogP contribution in [0.15, 0.2) is 29.2 Å². The molecule has 2 atom stereocenters. The number of halogens is 1. The van der Waals surface area contributed by atoms with Gasteiger partial charge in [0, 0.05) is 30.7 Å². The summed E-state index contributed by atoms with van der Waals surface area (Å²) in [4.78, 5) is 12.7. The average molecular weight is 416 g/mol. The highest BCUT2D eigenvalue weighted by Gasteiger charge is 2.28. The van der Waals surface area contributed by atoms with Gasteiger partial charge < -0.3 is 10.6 Å². The van der Waals surface area contributed by atoms with Crippen LogP contribution in [0.1, 0.15) is 49.9 Å². The first kappa shape index (κ1) is 22.1. The number of rotatable bonds is 4. The first-order chi connectivity index (χ1) is 12.4. The van der Waals surface area contributed by atoms with Gasteiger partial charge in [-0.1, -0.05) is 6.92 Å². The standard InChI is InChI=1S/C19H29N3O3S.ClH/c1-14-8-11-22(12-9-14)26(24,25)18-5-3-16(4-6-18)19(23)21-17-7-10-20-15(2)13-17;/h3-6,14-15,17,20H,7-13H2,1-2H3,(H,21,23);1H. The molecular formula is C19H30ClN3O3S. The van der Waals surface area contributed by atoms with Crippen LogP contribution < -0.4 is 10.6 Å². The Balaban J connectivity index is 0.00000261. The number of hydrogen-bond acceptors (Lipinski definition) is 4. The Morgan fingerprint density at radius 2 is 1.74 bits per heavy atom. The number of carbonyl (C=O) groups is 1. The number of nitrogens with one attached hydrogen (secondary N) is 2. The molecule has 1 aromatic carbocycles. The van der Waals surface area contributed by atoms with Crippen molar-refractivity contribution in [1.29, 1.82) is 0 Å². The van der Waals surface area contributed by atoms with Gasteiger partial charge in [0.05, 0.1) is 4.90 Å². The maximum Gasteiger partial charge on any atom is 0.251 e. The molecule has 2 saturated heterocycles. The number of nitrogens with zero attached hydrogens (tertiary/aromatic N) is 1. The van der Waals surface area contributed by atoms with E-state index in [2.05, 4.69) is 24.5 Å². The summed E-state index contributed by atoms with van der Waals surface area (Å²) < 4.78 is 27.0. The van der Waals surface area contributed by atoms with Gasteiger partial charge in [0.25, 0.3) is 5.91 Å². The Morgan fingerprint density at radius 1 is 1.11 bits per heavy atom. The summed E-state index contributed by atoms with van der Waals surface area (Å²) >= 11 is 0. The summed E-state index contributed by atoms with van der Waals surface area (Å²) in [6, 6.07) is 6.88. The summed E-state index contributed by atoms with van der Waals surface area (Å²) in [7, 11) is -3.47. The molecule has 0 radical (unpaired) electrons. The highest BCUT2D eigenvalue weighted by atomic mass is 35.5. The topological polar surface area (TPSA) is 78.5 Å². The average Bonchev–Trinajstić information content (AvgIpc) is 2.62. The Kier molecular flexibility index (Phi) is 7.68. The minimum atomic E-state index is -3.47. The Hall–Kier alpha value is -1.15. The van der Waals surface area contributed by atoms with Gasteiger partial charge in [0.15, 0.2) is 0 Å². The molecule has 2 heterocycles. The molecule has 2 aliphatic heterocycles. The van der Waals surface area contributed by atoms with Crippen molar-refractivity contribution in [3.05, 3.63) is 29.8 Å². The van der Waals surface area contributed by atoms with Crippen LogP contribution in [0.3, 0.4) is 0 Å². The van der Waals surface area contributed by atoms with E-state index in [0.717, 1.165) is 32.2 Å². The van der Waals surface area contributed by atoms with Crippen molar-refractivity contribution >= 4 is 28.3 Å². The number of sulfonamides is 1. The van der Waals surface area contributed by atoms with Crippen molar-refractivity contribution in [3.8, 4) is 0 Å². The van der Waals surface area contributed by atoms with Crippen molar-refractivity contribution < 1.29 is 13.2 Å². The van der Waals surface area contributed by atoms with E-state index >= 15 is 0 Å². The summed E-state index contributed by atoms with van der Waals surface area (Å²) in [5, 5.41) is 6.41. The van der Waals surface area contributed by atoms with E-state index in [4.69, 9.17) is 0 Å². The number of carbonyl (C=O) groups excluding carboxylic acids is 1. The number of benzene rings is 1. The molecular weight excluding hydrogens is 386 g/mol. The lowest BCUT2D eigenvalue weighted by Crippen LogP contribution is -2.46. The van der Waals surface area contributed by atoms with Crippen LogP contribution in [-0.4, -0.2) is 50.3 Å². The van der Waals surface area contributed by atoms with Crippen LogP contribution in [0.25, 0.3) is 0 Å². The molecule has 27 heavy (non-hydrogen) atoms.